The quantitative estimate of drug-likeness (QED) is 0.199. The van der Waals surface area contributed by atoms with Gasteiger partial charge < -0.3 is 0 Å². The molecule has 46 heavy (non-hydrogen) atoms. The van der Waals surface area contributed by atoms with Crippen molar-refractivity contribution in [3.05, 3.63) is 151 Å². The molecule has 0 amide bonds. The summed E-state index contributed by atoms with van der Waals surface area (Å²) >= 11 is 0. The molecule has 8 rings (SSSR count). The van der Waals surface area contributed by atoms with E-state index < -0.39 is 0 Å². The van der Waals surface area contributed by atoms with Crippen LogP contribution in [0, 0.1) is 13.8 Å². The van der Waals surface area contributed by atoms with E-state index >= 15 is 0 Å². The Morgan fingerprint density at radius 1 is 0.348 bits per heavy atom. The Hall–Kier alpha value is -6.07. The third kappa shape index (κ3) is 5.39. The third-order valence-corrected chi connectivity index (χ3v) is 8.34. The fourth-order valence-corrected chi connectivity index (χ4v) is 5.98. The second-order valence-electron chi connectivity index (χ2n) is 11.5. The van der Waals surface area contributed by atoms with Crippen LogP contribution in [0.1, 0.15) is 11.6 Å². The van der Waals surface area contributed by atoms with Gasteiger partial charge in [0, 0.05) is 39.9 Å². The van der Waals surface area contributed by atoms with Crippen LogP contribution >= 0.6 is 0 Å². The average Bonchev–Trinajstić information content (AvgIpc) is 3.11. The summed E-state index contributed by atoms with van der Waals surface area (Å²) in [4.78, 5) is 23.2. The second kappa shape index (κ2) is 11.5. The summed E-state index contributed by atoms with van der Waals surface area (Å²) in [7, 11) is 0. The summed E-state index contributed by atoms with van der Waals surface area (Å²) in [5.74, 6) is 2.07. The zero-order valence-electron chi connectivity index (χ0n) is 25.5. The van der Waals surface area contributed by atoms with E-state index in [2.05, 4.69) is 120 Å². The van der Waals surface area contributed by atoms with Crippen LogP contribution in [0.4, 0.5) is 0 Å². The van der Waals surface area contributed by atoms with E-state index in [-0.39, 0.29) is 0 Å². The Morgan fingerprint density at radius 2 is 0.739 bits per heavy atom. The summed E-state index contributed by atoms with van der Waals surface area (Å²) in [6, 6.07) is 44.7. The molecular weight excluding hydrogens is 562 g/mol. The van der Waals surface area contributed by atoms with Gasteiger partial charge in [-0.05, 0) is 77.2 Å². The van der Waals surface area contributed by atoms with Crippen LogP contribution in [0.3, 0.4) is 0 Å². The Labute approximate surface area is 267 Å². The summed E-state index contributed by atoms with van der Waals surface area (Å²) in [6.07, 6.45) is 3.88. The van der Waals surface area contributed by atoms with Crippen LogP contribution in [0.15, 0.2) is 140 Å². The van der Waals surface area contributed by atoms with Crippen molar-refractivity contribution in [3.8, 4) is 56.2 Å². The molecule has 0 bridgehead atoms. The second-order valence-corrected chi connectivity index (χ2v) is 11.5. The molecule has 0 saturated carbocycles. The van der Waals surface area contributed by atoms with E-state index in [9.17, 15) is 0 Å². The Bertz CT molecular complexity index is 2220. The molecule has 3 heterocycles. The molecule has 5 aromatic carbocycles. The highest BCUT2D eigenvalue weighted by atomic mass is 15.0. The predicted octanol–water partition coefficient (Wildman–Crippen LogP) is 9.92. The van der Waals surface area contributed by atoms with E-state index in [4.69, 9.17) is 19.9 Å². The van der Waals surface area contributed by atoms with Crippen LogP contribution in [0.25, 0.3) is 77.7 Å². The van der Waals surface area contributed by atoms with Gasteiger partial charge in [0.25, 0.3) is 0 Å². The van der Waals surface area contributed by atoms with Gasteiger partial charge in [0.05, 0.1) is 11.4 Å². The third-order valence-electron chi connectivity index (χ3n) is 8.34. The number of benzene rings is 5. The van der Waals surface area contributed by atoms with Crippen LogP contribution in [0.2, 0.25) is 0 Å². The molecule has 5 nitrogen and oxygen atoms in total. The topological polar surface area (TPSA) is 64.5 Å². The van der Waals surface area contributed by atoms with Crippen LogP contribution < -0.4 is 0 Å². The van der Waals surface area contributed by atoms with E-state index in [1.165, 1.54) is 10.8 Å². The highest BCUT2D eigenvalue weighted by molar-refractivity contribution is 5.87. The molecule has 5 heteroatoms. The first-order chi connectivity index (χ1) is 22.6. The maximum atomic E-state index is 4.72. The Morgan fingerprint density at radius 3 is 1.20 bits per heavy atom. The van der Waals surface area contributed by atoms with E-state index in [1.54, 1.807) is 0 Å². The lowest BCUT2D eigenvalue weighted by Crippen LogP contribution is -1.99. The number of rotatable bonds is 5. The normalized spacial score (nSPS) is 11.3. The first kappa shape index (κ1) is 27.5. The highest BCUT2D eigenvalue weighted by Crippen LogP contribution is 2.34. The van der Waals surface area contributed by atoms with Crippen LogP contribution in [-0.2, 0) is 0 Å². The molecule has 0 spiro atoms. The van der Waals surface area contributed by atoms with Gasteiger partial charge in [0.15, 0.2) is 5.82 Å². The molecule has 218 valence electrons. The van der Waals surface area contributed by atoms with Crippen molar-refractivity contribution in [2.45, 2.75) is 13.8 Å². The van der Waals surface area contributed by atoms with E-state index in [1.807, 2.05) is 38.4 Å². The molecule has 0 radical (unpaired) electrons. The minimum Gasteiger partial charge on any atom is -0.256 e. The number of pyridine rings is 2. The van der Waals surface area contributed by atoms with Crippen molar-refractivity contribution in [1.82, 2.24) is 24.9 Å². The highest BCUT2D eigenvalue weighted by Gasteiger charge is 2.12. The molecular formula is C41H29N5. The van der Waals surface area contributed by atoms with Crippen LogP contribution in [-0.4, -0.2) is 24.9 Å². The molecule has 0 N–H and O–H groups in total. The van der Waals surface area contributed by atoms with Crippen LogP contribution in [0.5, 0.6) is 0 Å². The van der Waals surface area contributed by atoms with Gasteiger partial charge in [0.1, 0.15) is 11.6 Å². The van der Waals surface area contributed by atoms with Gasteiger partial charge in [-0.25, -0.2) is 15.0 Å². The smallest absolute Gasteiger partial charge is 0.163 e. The summed E-state index contributed by atoms with van der Waals surface area (Å²) in [5.41, 5.74) is 9.39. The van der Waals surface area contributed by atoms with Gasteiger partial charge in [0.2, 0.25) is 0 Å². The fourth-order valence-electron chi connectivity index (χ4n) is 5.98. The Balaban J connectivity index is 1.18. The van der Waals surface area contributed by atoms with Crippen molar-refractivity contribution in [1.29, 1.82) is 0 Å². The minimum absolute atomic E-state index is 0.669. The lowest BCUT2D eigenvalue weighted by molar-refractivity contribution is 0.928. The molecule has 3 aromatic heterocycles. The largest absolute Gasteiger partial charge is 0.256 e. The lowest BCUT2D eigenvalue weighted by atomic mass is 9.94. The standard InChI is InChI=1S/C41H29N5/c1-26-44-27(2)46-41(45-26)38-20-36(28-11-15-30(16-12-28)39-22-32-7-3-5-9-34(32)24-42-39)19-37(21-38)29-13-17-31(18-14-29)40-23-33-8-4-6-10-35(33)25-43-40/h3-25H,1-2H3. The van der Waals surface area contributed by atoms with Crippen molar-refractivity contribution in [3.63, 3.8) is 0 Å². The van der Waals surface area contributed by atoms with Gasteiger partial charge >= 0.3 is 0 Å². The van der Waals surface area contributed by atoms with Gasteiger partial charge in [-0.1, -0.05) is 97.1 Å². The first-order valence-electron chi connectivity index (χ1n) is 15.3. The summed E-state index contributed by atoms with van der Waals surface area (Å²) in [5, 5.41) is 4.63. The molecule has 0 fully saturated rings. The predicted molar refractivity (Wildman–Crippen MR) is 187 cm³/mol. The number of nitrogens with zero attached hydrogens (tertiary/aromatic N) is 5. The molecule has 8 aromatic rings. The van der Waals surface area contributed by atoms with Crippen molar-refractivity contribution in [2.75, 3.05) is 0 Å². The molecule has 0 aliphatic heterocycles. The molecule has 0 unspecified atom stereocenters. The fraction of sp³-hybridized carbons (Fsp3) is 0.0488. The monoisotopic (exact) mass is 591 g/mol. The zero-order chi connectivity index (χ0) is 31.0. The maximum Gasteiger partial charge on any atom is 0.163 e. The van der Waals surface area contributed by atoms with Crippen molar-refractivity contribution >= 4 is 21.5 Å². The molecule has 0 aliphatic rings. The van der Waals surface area contributed by atoms with E-state index in [0.717, 1.165) is 61.1 Å². The molecule has 0 saturated heterocycles. The van der Waals surface area contributed by atoms with E-state index in [0.29, 0.717) is 17.5 Å². The summed E-state index contributed by atoms with van der Waals surface area (Å²) < 4.78 is 0. The SMILES string of the molecule is Cc1nc(C)nc(-c2cc(-c3ccc(-c4cc5ccccc5cn4)cc3)cc(-c3ccc(-c4cc5ccccc5cn4)cc3)c2)n1. The molecule has 0 aliphatic carbocycles. The zero-order valence-corrected chi connectivity index (χ0v) is 25.5. The Kier molecular flexibility index (Phi) is 6.84. The first-order valence-corrected chi connectivity index (χ1v) is 15.3. The van der Waals surface area contributed by atoms with Crippen molar-refractivity contribution in [2.24, 2.45) is 0 Å². The van der Waals surface area contributed by atoms with Crippen molar-refractivity contribution < 1.29 is 0 Å². The average molecular weight is 592 g/mol. The lowest BCUT2D eigenvalue weighted by Gasteiger charge is -2.12. The summed E-state index contributed by atoms with van der Waals surface area (Å²) in [6.45, 7) is 3.81. The van der Waals surface area contributed by atoms with Gasteiger partial charge in [-0.15, -0.1) is 0 Å². The number of aryl methyl sites for hydroxylation is 2. The number of aromatic nitrogens is 5. The number of hydrogen-bond acceptors (Lipinski definition) is 5. The van der Waals surface area contributed by atoms with Gasteiger partial charge in [-0.3, -0.25) is 9.97 Å². The number of hydrogen-bond donors (Lipinski definition) is 0. The van der Waals surface area contributed by atoms with Gasteiger partial charge in [-0.2, -0.15) is 0 Å². The number of fused-ring (bicyclic) bond motifs is 2. The minimum atomic E-state index is 0.669. The molecule has 0 atom stereocenters. The maximum absolute atomic E-state index is 4.72.